The van der Waals surface area contributed by atoms with Crippen LogP contribution in [-0.2, 0) is 0 Å². The van der Waals surface area contributed by atoms with Gasteiger partial charge in [-0.2, -0.15) is 0 Å². The predicted molar refractivity (Wildman–Crippen MR) is 95.5 cm³/mol. The fourth-order valence-corrected chi connectivity index (χ4v) is 5.52. The summed E-state index contributed by atoms with van der Waals surface area (Å²) in [5.41, 5.74) is 3.71. The van der Waals surface area contributed by atoms with Crippen LogP contribution in [0.1, 0.15) is 69.1 Å². The zero-order valence-electron chi connectivity index (χ0n) is 14.5. The molecule has 2 heteroatoms. The SMILES string of the molecule is CCC#CC1=CCC2C3CC(O)c4cc(O)ccc4C3CCC12C. The van der Waals surface area contributed by atoms with Crippen LogP contribution in [0.2, 0.25) is 0 Å². The minimum Gasteiger partial charge on any atom is -0.508 e. The number of aliphatic hydroxyl groups excluding tert-OH is 1. The van der Waals surface area contributed by atoms with Gasteiger partial charge >= 0.3 is 0 Å². The van der Waals surface area contributed by atoms with Crippen LogP contribution in [0.5, 0.6) is 5.75 Å². The Morgan fingerprint density at radius 1 is 1.29 bits per heavy atom. The second-order valence-electron chi connectivity index (χ2n) is 7.91. The summed E-state index contributed by atoms with van der Waals surface area (Å²) in [4.78, 5) is 0. The smallest absolute Gasteiger partial charge is 0.115 e. The van der Waals surface area contributed by atoms with Crippen molar-refractivity contribution in [1.29, 1.82) is 0 Å². The normalized spacial score (nSPS) is 36.7. The van der Waals surface area contributed by atoms with E-state index in [2.05, 4.69) is 31.8 Å². The Bertz CT molecular complexity index is 751. The summed E-state index contributed by atoms with van der Waals surface area (Å²) in [5.74, 6) is 8.53. The Kier molecular flexibility index (Phi) is 3.73. The highest BCUT2D eigenvalue weighted by Crippen LogP contribution is 2.62. The summed E-state index contributed by atoms with van der Waals surface area (Å²) in [6.07, 6.45) is 7.01. The van der Waals surface area contributed by atoms with Gasteiger partial charge in [0.25, 0.3) is 0 Å². The number of aliphatic hydroxyl groups is 1. The molecular formula is C22H26O2. The van der Waals surface area contributed by atoms with Crippen molar-refractivity contribution in [2.75, 3.05) is 0 Å². The molecule has 0 heterocycles. The highest BCUT2D eigenvalue weighted by Gasteiger charge is 2.52. The van der Waals surface area contributed by atoms with Crippen LogP contribution in [0, 0.1) is 29.1 Å². The molecule has 0 aromatic heterocycles. The van der Waals surface area contributed by atoms with Gasteiger partial charge in [0.2, 0.25) is 0 Å². The lowest BCUT2D eigenvalue weighted by atomic mass is 9.54. The zero-order valence-corrected chi connectivity index (χ0v) is 14.5. The first kappa shape index (κ1) is 15.8. The van der Waals surface area contributed by atoms with Crippen molar-refractivity contribution in [3.8, 4) is 17.6 Å². The highest BCUT2D eigenvalue weighted by atomic mass is 16.3. The Labute approximate surface area is 144 Å². The topological polar surface area (TPSA) is 40.5 Å². The van der Waals surface area contributed by atoms with Crippen molar-refractivity contribution in [3.63, 3.8) is 0 Å². The first-order valence-electron chi connectivity index (χ1n) is 9.25. The van der Waals surface area contributed by atoms with E-state index in [0.29, 0.717) is 17.8 Å². The van der Waals surface area contributed by atoms with Crippen molar-refractivity contribution >= 4 is 0 Å². The molecule has 2 nitrogen and oxygen atoms in total. The van der Waals surface area contributed by atoms with Crippen molar-refractivity contribution in [3.05, 3.63) is 41.0 Å². The van der Waals surface area contributed by atoms with E-state index in [-0.39, 0.29) is 11.2 Å². The summed E-state index contributed by atoms with van der Waals surface area (Å²) in [6.45, 7) is 4.48. The second-order valence-corrected chi connectivity index (χ2v) is 7.91. The van der Waals surface area contributed by atoms with Gasteiger partial charge in [-0.25, -0.2) is 0 Å². The van der Waals surface area contributed by atoms with Crippen LogP contribution in [0.3, 0.4) is 0 Å². The van der Waals surface area contributed by atoms with Gasteiger partial charge in [0.15, 0.2) is 0 Å². The number of fused-ring (bicyclic) bond motifs is 5. The minimum atomic E-state index is -0.457. The lowest BCUT2D eigenvalue weighted by molar-refractivity contribution is 0.0286. The monoisotopic (exact) mass is 322 g/mol. The molecule has 1 saturated carbocycles. The molecule has 1 aromatic carbocycles. The van der Waals surface area contributed by atoms with E-state index in [0.717, 1.165) is 31.2 Å². The van der Waals surface area contributed by atoms with E-state index < -0.39 is 6.10 Å². The average Bonchev–Trinajstić information content (AvgIpc) is 2.90. The molecule has 3 aliphatic rings. The molecule has 2 N–H and O–H groups in total. The molecule has 5 unspecified atom stereocenters. The van der Waals surface area contributed by atoms with E-state index in [1.807, 2.05) is 6.07 Å². The number of rotatable bonds is 0. The van der Waals surface area contributed by atoms with E-state index >= 15 is 0 Å². The Morgan fingerprint density at radius 3 is 2.92 bits per heavy atom. The molecule has 1 aromatic rings. The summed E-state index contributed by atoms with van der Waals surface area (Å²) >= 11 is 0. The molecule has 24 heavy (non-hydrogen) atoms. The van der Waals surface area contributed by atoms with E-state index in [9.17, 15) is 10.2 Å². The van der Waals surface area contributed by atoms with Crippen LogP contribution >= 0.6 is 0 Å². The summed E-state index contributed by atoms with van der Waals surface area (Å²) < 4.78 is 0. The van der Waals surface area contributed by atoms with Gasteiger partial charge in [-0.05, 0) is 66.7 Å². The largest absolute Gasteiger partial charge is 0.508 e. The Morgan fingerprint density at radius 2 is 2.12 bits per heavy atom. The van der Waals surface area contributed by atoms with Gasteiger partial charge in [0.05, 0.1) is 6.10 Å². The van der Waals surface area contributed by atoms with Gasteiger partial charge in [-0.3, -0.25) is 0 Å². The fourth-order valence-electron chi connectivity index (χ4n) is 5.52. The number of aromatic hydroxyl groups is 1. The minimum absolute atomic E-state index is 0.178. The molecule has 4 rings (SSSR count). The third kappa shape index (κ3) is 2.22. The van der Waals surface area contributed by atoms with Gasteiger partial charge in [0, 0.05) is 17.4 Å². The van der Waals surface area contributed by atoms with Crippen molar-refractivity contribution in [1.82, 2.24) is 0 Å². The summed E-state index contributed by atoms with van der Waals surface area (Å²) in [5, 5.41) is 20.5. The Balaban J connectivity index is 1.69. The predicted octanol–water partition coefficient (Wildman–Crippen LogP) is 4.69. The van der Waals surface area contributed by atoms with Gasteiger partial charge in [-0.1, -0.05) is 37.8 Å². The maximum atomic E-state index is 10.7. The molecule has 5 atom stereocenters. The van der Waals surface area contributed by atoms with Gasteiger partial charge in [-0.15, -0.1) is 0 Å². The molecule has 0 spiro atoms. The van der Waals surface area contributed by atoms with Crippen LogP contribution in [-0.4, -0.2) is 10.2 Å². The standard InChI is InChI=1S/C22H26O2/c1-3-4-5-14-6-9-20-18-13-21(24)19-12-15(23)7-8-16(19)17(18)10-11-22(14,20)2/h6-8,12,17-18,20-21,23-24H,3,9-11,13H2,1-2H3. The molecule has 1 fully saturated rings. The summed E-state index contributed by atoms with van der Waals surface area (Å²) in [6, 6.07) is 5.56. The number of hydrogen-bond donors (Lipinski definition) is 2. The van der Waals surface area contributed by atoms with Crippen LogP contribution in [0.25, 0.3) is 0 Å². The zero-order chi connectivity index (χ0) is 16.9. The van der Waals surface area contributed by atoms with Crippen LogP contribution in [0.15, 0.2) is 29.8 Å². The van der Waals surface area contributed by atoms with Crippen molar-refractivity contribution in [2.24, 2.45) is 17.3 Å². The lowest BCUT2D eigenvalue weighted by Crippen LogP contribution is -2.41. The molecule has 126 valence electrons. The number of allylic oxidation sites excluding steroid dienone is 2. The first-order valence-corrected chi connectivity index (χ1v) is 9.25. The Hall–Kier alpha value is -1.72. The number of phenols is 1. The fraction of sp³-hybridized carbons (Fsp3) is 0.545. The third-order valence-electron chi connectivity index (χ3n) is 6.74. The van der Waals surface area contributed by atoms with Crippen LogP contribution in [0.4, 0.5) is 0 Å². The number of hydrogen-bond acceptors (Lipinski definition) is 2. The van der Waals surface area contributed by atoms with Gasteiger partial charge < -0.3 is 10.2 Å². The van der Waals surface area contributed by atoms with Crippen LogP contribution < -0.4 is 0 Å². The quantitative estimate of drug-likeness (QED) is 0.680. The third-order valence-corrected chi connectivity index (χ3v) is 6.74. The highest BCUT2D eigenvalue weighted by molar-refractivity contribution is 5.44. The molecular weight excluding hydrogens is 296 g/mol. The van der Waals surface area contributed by atoms with E-state index in [1.165, 1.54) is 17.6 Å². The first-order chi connectivity index (χ1) is 11.5. The molecule has 0 amide bonds. The number of benzene rings is 1. The van der Waals surface area contributed by atoms with E-state index in [1.54, 1.807) is 12.1 Å². The maximum Gasteiger partial charge on any atom is 0.115 e. The average molecular weight is 322 g/mol. The number of phenolic OH excluding ortho intramolecular Hbond substituents is 1. The molecule has 0 aliphatic heterocycles. The van der Waals surface area contributed by atoms with Gasteiger partial charge in [0.1, 0.15) is 5.75 Å². The van der Waals surface area contributed by atoms with Crippen molar-refractivity contribution in [2.45, 2.75) is 58.0 Å². The van der Waals surface area contributed by atoms with Crippen molar-refractivity contribution < 1.29 is 10.2 Å². The molecule has 3 aliphatic carbocycles. The molecule has 0 bridgehead atoms. The van der Waals surface area contributed by atoms with E-state index in [4.69, 9.17) is 0 Å². The molecule has 0 radical (unpaired) electrons. The summed E-state index contributed by atoms with van der Waals surface area (Å²) in [7, 11) is 0. The lowest BCUT2D eigenvalue weighted by Gasteiger charge is -2.50. The second kappa shape index (κ2) is 5.67. The maximum absolute atomic E-state index is 10.7. The molecule has 0 saturated heterocycles.